The highest BCUT2D eigenvalue weighted by Crippen LogP contribution is 2.39. The molecule has 2 N–H and O–H groups in total. The van der Waals surface area contributed by atoms with E-state index in [2.05, 4.69) is 4.90 Å². The number of likely N-dealkylation sites (tertiary alicyclic amines) is 2. The second kappa shape index (κ2) is 9.19. The lowest BCUT2D eigenvalue weighted by Gasteiger charge is -2.29. The van der Waals surface area contributed by atoms with Crippen molar-refractivity contribution in [1.82, 2.24) is 9.80 Å². The Morgan fingerprint density at radius 1 is 1.09 bits per heavy atom. The molecule has 5 nitrogen and oxygen atoms in total. The summed E-state index contributed by atoms with van der Waals surface area (Å²) in [5.41, 5.74) is 5.79. The summed E-state index contributed by atoms with van der Waals surface area (Å²) in [6.07, 6.45) is -4.63. The minimum absolute atomic E-state index is 0.0795. The van der Waals surface area contributed by atoms with E-state index < -0.39 is 29.4 Å². The fourth-order valence-electron chi connectivity index (χ4n) is 4.97. The van der Waals surface area contributed by atoms with E-state index in [1.54, 1.807) is 0 Å². The van der Waals surface area contributed by atoms with Crippen LogP contribution in [-0.4, -0.2) is 47.8 Å². The number of benzene rings is 2. The van der Waals surface area contributed by atoms with E-state index in [0.717, 1.165) is 17.2 Å². The van der Waals surface area contributed by atoms with E-state index in [1.165, 1.54) is 4.90 Å². The molecule has 0 aliphatic carbocycles. The van der Waals surface area contributed by atoms with Crippen molar-refractivity contribution in [2.75, 3.05) is 26.2 Å². The summed E-state index contributed by atoms with van der Waals surface area (Å²) in [5.74, 6) is -2.01. The molecule has 34 heavy (non-hydrogen) atoms. The van der Waals surface area contributed by atoms with Crippen molar-refractivity contribution in [1.29, 1.82) is 0 Å². The van der Waals surface area contributed by atoms with Crippen molar-refractivity contribution < 1.29 is 27.2 Å². The van der Waals surface area contributed by atoms with Crippen LogP contribution >= 0.6 is 11.6 Å². The highest BCUT2D eigenvalue weighted by atomic mass is 35.5. The molecule has 2 saturated heterocycles. The first kappa shape index (κ1) is 24.5. The van der Waals surface area contributed by atoms with Gasteiger partial charge in [-0.3, -0.25) is 14.5 Å². The molecular weight excluding hydrogens is 474 g/mol. The summed E-state index contributed by atoms with van der Waals surface area (Å²) >= 11 is 6.28. The van der Waals surface area contributed by atoms with Gasteiger partial charge < -0.3 is 10.6 Å². The number of halogens is 5. The number of alkyl halides is 3. The van der Waals surface area contributed by atoms with Crippen molar-refractivity contribution in [2.24, 2.45) is 17.6 Å². The quantitative estimate of drug-likeness (QED) is 0.622. The first-order valence-corrected chi connectivity index (χ1v) is 11.3. The van der Waals surface area contributed by atoms with Gasteiger partial charge in [0.25, 0.3) is 5.91 Å². The van der Waals surface area contributed by atoms with E-state index in [0.29, 0.717) is 43.3 Å². The number of carbonyl (C=O) groups is 2. The molecule has 3 atom stereocenters. The third kappa shape index (κ3) is 5.05. The topological polar surface area (TPSA) is 66.6 Å². The van der Waals surface area contributed by atoms with Gasteiger partial charge in [-0.1, -0.05) is 23.7 Å². The van der Waals surface area contributed by atoms with E-state index in [1.807, 2.05) is 25.1 Å². The van der Waals surface area contributed by atoms with Crippen molar-refractivity contribution in [3.8, 4) is 0 Å². The zero-order chi connectivity index (χ0) is 24.8. The summed E-state index contributed by atoms with van der Waals surface area (Å²) in [6.45, 7) is 3.76. The van der Waals surface area contributed by atoms with Gasteiger partial charge in [-0.15, -0.1) is 0 Å². The SMILES string of the molecule is Cc1ccc(C(CC(N)=O)N2CC3CN(C(=O)c4cc(F)cc(C(F)(F)F)c4)CC3C2)cc1Cl. The Labute approximate surface area is 199 Å². The summed E-state index contributed by atoms with van der Waals surface area (Å²) in [4.78, 5) is 28.2. The van der Waals surface area contributed by atoms with Crippen molar-refractivity contribution in [3.63, 3.8) is 0 Å². The Hall–Kier alpha value is -2.65. The lowest BCUT2D eigenvalue weighted by molar-refractivity contribution is -0.137. The minimum Gasteiger partial charge on any atom is -0.370 e. The first-order chi connectivity index (χ1) is 15.9. The smallest absolute Gasteiger partial charge is 0.370 e. The van der Waals surface area contributed by atoms with E-state index in [4.69, 9.17) is 17.3 Å². The zero-order valence-electron chi connectivity index (χ0n) is 18.4. The van der Waals surface area contributed by atoms with Crippen LogP contribution < -0.4 is 5.73 Å². The maximum Gasteiger partial charge on any atom is 0.416 e. The summed E-state index contributed by atoms with van der Waals surface area (Å²) in [6, 6.07) is 7.28. The van der Waals surface area contributed by atoms with Crippen LogP contribution in [-0.2, 0) is 11.0 Å². The molecule has 2 amide bonds. The van der Waals surface area contributed by atoms with Crippen LogP contribution in [0.3, 0.4) is 0 Å². The normalized spacial score (nSPS) is 21.5. The molecule has 0 bridgehead atoms. The van der Waals surface area contributed by atoms with Crippen LogP contribution in [0, 0.1) is 24.6 Å². The monoisotopic (exact) mass is 497 g/mol. The molecule has 0 spiro atoms. The molecule has 10 heteroatoms. The van der Waals surface area contributed by atoms with Gasteiger partial charge in [0, 0.05) is 49.2 Å². The lowest BCUT2D eigenvalue weighted by Crippen LogP contribution is -2.36. The van der Waals surface area contributed by atoms with Crippen LogP contribution in [0.15, 0.2) is 36.4 Å². The Bertz CT molecular complexity index is 1110. The highest BCUT2D eigenvalue weighted by Gasteiger charge is 2.44. The molecular formula is C24H24ClF4N3O2. The third-order valence-corrected chi connectivity index (χ3v) is 7.10. The van der Waals surface area contributed by atoms with Crippen LogP contribution in [0.2, 0.25) is 5.02 Å². The molecule has 2 aromatic rings. The highest BCUT2D eigenvalue weighted by molar-refractivity contribution is 6.31. The molecule has 2 aliphatic heterocycles. The molecule has 0 aromatic heterocycles. The van der Waals surface area contributed by atoms with Gasteiger partial charge in [0.2, 0.25) is 5.91 Å². The Balaban J connectivity index is 1.48. The van der Waals surface area contributed by atoms with Gasteiger partial charge in [0.05, 0.1) is 5.56 Å². The molecule has 0 saturated carbocycles. The predicted molar refractivity (Wildman–Crippen MR) is 119 cm³/mol. The number of fused-ring (bicyclic) bond motifs is 1. The van der Waals surface area contributed by atoms with Gasteiger partial charge in [-0.05, 0) is 54.2 Å². The standard InChI is InChI=1S/C24H24ClF4N3O2/c1-13-2-3-14(6-20(13)25)21(8-22(30)33)31-9-16-11-32(12-17(16)10-31)23(34)15-4-18(24(27,28)29)7-19(26)5-15/h2-7,16-17,21H,8-12H2,1H3,(H2,30,33). The maximum absolute atomic E-state index is 13.8. The van der Waals surface area contributed by atoms with Gasteiger partial charge in [-0.25, -0.2) is 4.39 Å². The number of primary amides is 1. The van der Waals surface area contributed by atoms with Crippen molar-refractivity contribution in [3.05, 3.63) is 69.5 Å². The van der Waals surface area contributed by atoms with E-state index in [-0.39, 0.29) is 29.9 Å². The van der Waals surface area contributed by atoms with Gasteiger partial charge in [0.1, 0.15) is 5.82 Å². The first-order valence-electron chi connectivity index (χ1n) is 10.9. The molecule has 2 fully saturated rings. The summed E-state index contributed by atoms with van der Waals surface area (Å²) in [5, 5.41) is 0.594. The van der Waals surface area contributed by atoms with Crippen molar-refractivity contribution in [2.45, 2.75) is 25.6 Å². The fourth-order valence-corrected chi connectivity index (χ4v) is 5.16. The largest absolute Gasteiger partial charge is 0.416 e. The Kier molecular flexibility index (Phi) is 6.61. The number of amides is 2. The number of nitrogens with zero attached hydrogens (tertiary/aromatic N) is 2. The average molecular weight is 498 g/mol. The molecule has 182 valence electrons. The van der Waals surface area contributed by atoms with Gasteiger partial charge in [0.15, 0.2) is 0 Å². The van der Waals surface area contributed by atoms with E-state index in [9.17, 15) is 27.2 Å². The number of hydrogen-bond donors (Lipinski definition) is 1. The number of aryl methyl sites for hydroxylation is 1. The minimum atomic E-state index is -4.74. The molecule has 2 aromatic carbocycles. The number of nitrogens with two attached hydrogens (primary N) is 1. The number of rotatable bonds is 5. The summed E-state index contributed by atoms with van der Waals surface area (Å²) in [7, 11) is 0. The third-order valence-electron chi connectivity index (χ3n) is 6.69. The zero-order valence-corrected chi connectivity index (χ0v) is 19.2. The Morgan fingerprint density at radius 3 is 2.29 bits per heavy atom. The van der Waals surface area contributed by atoms with Crippen molar-refractivity contribution >= 4 is 23.4 Å². The molecule has 2 heterocycles. The average Bonchev–Trinajstić information content (AvgIpc) is 3.31. The summed E-state index contributed by atoms with van der Waals surface area (Å²) < 4.78 is 52.9. The lowest BCUT2D eigenvalue weighted by atomic mass is 10.0. The van der Waals surface area contributed by atoms with E-state index >= 15 is 0 Å². The van der Waals surface area contributed by atoms with Crippen LogP contribution in [0.1, 0.15) is 39.5 Å². The number of hydrogen-bond acceptors (Lipinski definition) is 3. The molecule has 2 aliphatic rings. The van der Waals surface area contributed by atoms with Crippen LogP contribution in [0.4, 0.5) is 17.6 Å². The van der Waals surface area contributed by atoms with Crippen LogP contribution in [0.5, 0.6) is 0 Å². The maximum atomic E-state index is 13.8. The second-order valence-corrected chi connectivity index (χ2v) is 9.51. The number of carbonyl (C=O) groups excluding carboxylic acids is 2. The predicted octanol–water partition coefficient (Wildman–Crippen LogP) is 4.43. The Morgan fingerprint density at radius 2 is 1.74 bits per heavy atom. The second-order valence-electron chi connectivity index (χ2n) is 9.11. The molecule has 0 radical (unpaired) electrons. The van der Waals surface area contributed by atoms with Crippen LogP contribution in [0.25, 0.3) is 0 Å². The molecule has 3 unspecified atom stereocenters. The molecule has 4 rings (SSSR count). The van der Waals surface area contributed by atoms with Gasteiger partial charge >= 0.3 is 6.18 Å². The van der Waals surface area contributed by atoms with Gasteiger partial charge in [-0.2, -0.15) is 13.2 Å². The fraction of sp³-hybridized carbons (Fsp3) is 0.417.